The Morgan fingerprint density at radius 1 is 0.884 bits per heavy atom. The van der Waals surface area contributed by atoms with Crippen LogP contribution < -0.4 is 23.9 Å². The van der Waals surface area contributed by atoms with Crippen LogP contribution in [-0.4, -0.2) is 53.0 Å². The van der Waals surface area contributed by atoms with Gasteiger partial charge in [0, 0.05) is 28.7 Å². The number of hydrogen-bond acceptors (Lipinski definition) is 7. The smallest absolute Gasteiger partial charge is 0.264 e. The number of sulfonamides is 1. The van der Waals surface area contributed by atoms with E-state index >= 15 is 0 Å². The number of benzene rings is 3. The fourth-order valence-electron chi connectivity index (χ4n) is 4.76. The van der Waals surface area contributed by atoms with Crippen LogP contribution in [-0.2, 0) is 14.8 Å². The molecule has 43 heavy (non-hydrogen) atoms. The average Bonchev–Trinajstić information content (AvgIpc) is 3.28. The third kappa shape index (κ3) is 6.67. The summed E-state index contributed by atoms with van der Waals surface area (Å²) in [6.07, 6.45) is 1.56. The molecular weight excluding hydrogens is 568 g/mol. The van der Waals surface area contributed by atoms with Crippen molar-refractivity contribution in [2.45, 2.75) is 32.6 Å². The van der Waals surface area contributed by atoms with E-state index in [1.54, 1.807) is 30.5 Å². The maximum Gasteiger partial charge on any atom is 0.264 e. The number of carbonyl (C=O) groups excluding carboxylic acids is 1. The van der Waals surface area contributed by atoms with E-state index in [-0.39, 0.29) is 16.3 Å². The number of hydrazone groups is 1. The van der Waals surface area contributed by atoms with Crippen molar-refractivity contribution < 1.29 is 27.4 Å². The van der Waals surface area contributed by atoms with Gasteiger partial charge in [-0.25, -0.2) is 13.8 Å². The number of anilines is 1. The fraction of sp³-hybridized carbons (Fsp3) is 0.250. The first-order valence-electron chi connectivity index (χ1n) is 13.5. The zero-order valence-corrected chi connectivity index (χ0v) is 26.2. The lowest BCUT2D eigenvalue weighted by Crippen LogP contribution is -2.39. The quantitative estimate of drug-likeness (QED) is 0.189. The second-order valence-corrected chi connectivity index (χ2v) is 11.8. The molecule has 3 aromatic carbocycles. The lowest BCUT2D eigenvalue weighted by molar-refractivity contribution is -0.119. The van der Waals surface area contributed by atoms with Crippen molar-refractivity contribution in [2.24, 2.45) is 5.10 Å². The highest BCUT2D eigenvalue weighted by Gasteiger charge is 2.28. The van der Waals surface area contributed by atoms with E-state index in [9.17, 15) is 13.2 Å². The van der Waals surface area contributed by atoms with Crippen LogP contribution in [0.5, 0.6) is 17.2 Å². The highest BCUT2D eigenvalue weighted by molar-refractivity contribution is 7.92. The van der Waals surface area contributed by atoms with Gasteiger partial charge in [0.25, 0.3) is 15.9 Å². The molecule has 0 saturated heterocycles. The summed E-state index contributed by atoms with van der Waals surface area (Å²) in [4.78, 5) is 13.0. The van der Waals surface area contributed by atoms with Crippen molar-refractivity contribution in [3.63, 3.8) is 0 Å². The molecule has 226 valence electrons. The summed E-state index contributed by atoms with van der Waals surface area (Å²) in [6.45, 7) is 7.58. The lowest BCUT2D eigenvalue weighted by Gasteiger charge is -2.24. The molecule has 1 N–H and O–H groups in total. The summed E-state index contributed by atoms with van der Waals surface area (Å²) < 4.78 is 46.6. The van der Waals surface area contributed by atoms with Crippen LogP contribution in [0.1, 0.15) is 28.1 Å². The fourth-order valence-corrected chi connectivity index (χ4v) is 6.19. The summed E-state index contributed by atoms with van der Waals surface area (Å²) in [7, 11) is 0.179. The van der Waals surface area contributed by atoms with Gasteiger partial charge < -0.3 is 18.8 Å². The van der Waals surface area contributed by atoms with Crippen LogP contribution in [0.3, 0.4) is 0 Å². The maximum atomic E-state index is 13.8. The van der Waals surface area contributed by atoms with Gasteiger partial charge in [-0.1, -0.05) is 12.1 Å². The Hall–Kier alpha value is -4.77. The molecule has 0 saturated carbocycles. The number of methoxy groups -OCH3 is 3. The molecule has 1 aromatic heterocycles. The van der Waals surface area contributed by atoms with Crippen molar-refractivity contribution in [1.82, 2.24) is 9.99 Å². The molecule has 1 amide bonds. The van der Waals surface area contributed by atoms with E-state index in [1.165, 1.54) is 39.5 Å². The summed E-state index contributed by atoms with van der Waals surface area (Å²) in [5.74, 6) is 0.534. The topological polar surface area (TPSA) is 111 Å². The molecule has 0 aliphatic heterocycles. The highest BCUT2D eigenvalue weighted by atomic mass is 32.2. The molecule has 0 bridgehead atoms. The molecule has 10 nitrogen and oxygen atoms in total. The zero-order valence-electron chi connectivity index (χ0n) is 25.3. The number of aromatic nitrogens is 1. The normalized spacial score (nSPS) is 11.4. The predicted octanol–water partition coefficient (Wildman–Crippen LogP) is 5.08. The van der Waals surface area contributed by atoms with Gasteiger partial charge in [0.1, 0.15) is 12.3 Å². The summed E-state index contributed by atoms with van der Waals surface area (Å²) >= 11 is 0. The van der Waals surface area contributed by atoms with Crippen LogP contribution >= 0.6 is 0 Å². The molecule has 0 aliphatic carbocycles. The van der Waals surface area contributed by atoms with Gasteiger partial charge in [0.05, 0.1) is 38.1 Å². The first-order chi connectivity index (χ1) is 20.5. The van der Waals surface area contributed by atoms with E-state index in [1.807, 2.05) is 19.9 Å². The Balaban J connectivity index is 1.60. The van der Waals surface area contributed by atoms with E-state index in [0.717, 1.165) is 38.1 Å². The first kappa shape index (κ1) is 31.2. The van der Waals surface area contributed by atoms with Gasteiger partial charge in [0.2, 0.25) is 0 Å². The van der Waals surface area contributed by atoms with E-state index in [0.29, 0.717) is 11.5 Å². The van der Waals surface area contributed by atoms with Crippen molar-refractivity contribution >= 4 is 27.8 Å². The predicted molar refractivity (Wildman–Crippen MR) is 168 cm³/mol. The van der Waals surface area contributed by atoms with Gasteiger partial charge in [0.15, 0.2) is 11.5 Å². The molecule has 1 heterocycles. The summed E-state index contributed by atoms with van der Waals surface area (Å²) in [5, 5.41) is 4.15. The molecular formula is C32H36N4O6S. The van der Waals surface area contributed by atoms with Crippen LogP contribution in [0, 0.1) is 27.7 Å². The van der Waals surface area contributed by atoms with E-state index in [4.69, 9.17) is 14.2 Å². The molecule has 0 radical (unpaired) electrons. The Morgan fingerprint density at radius 2 is 1.58 bits per heavy atom. The molecule has 4 rings (SSSR count). The van der Waals surface area contributed by atoms with Gasteiger partial charge in [-0.3, -0.25) is 9.10 Å². The Morgan fingerprint density at radius 3 is 2.23 bits per heavy atom. The number of ether oxygens (including phenoxy) is 3. The second kappa shape index (κ2) is 13.0. The Kier molecular flexibility index (Phi) is 9.45. The number of amides is 1. The number of rotatable bonds is 11. The standard InChI is InChI=1S/C32H36N4O6S/c1-21-8-9-22(2)29(16-21)36-23(3)17-25(24(36)4)19-33-34-32(37)20-35(26-10-12-27(40-5)13-11-26)43(38,39)28-14-15-30(41-6)31(18-28)42-7/h8-19H,20H2,1-7H3,(H,34,37)/b33-19+. The van der Waals surface area contributed by atoms with Gasteiger partial charge >= 0.3 is 0 Å². The number of nitrogens with zero attached hydrogens (tertiary/aromatic N) is 3. The minimum atomic E-state index is -4.21. The molecule has 0 unspecified atom stereocenters. The van der Waals surface area contributed by atoms with Crippen molar-refractivity contribution in [2.75, 3.05) is 32.2 Å². The Bertz CT molecular complexity index is 1760. The number of nitrogens with one attached hydrogen (secondary N) is 1. The molecule has 4 aromatic rings. The lowest BCUT2D eigenvalue weighted by atomic mass is 10.1. The Labute approximate surface area is 252 Å². The van der Waals surface area contributed by atoms with Gasteiger partial charge in [-0.2, -0.15) is 5.10 Å². The SMILES string of the molecule is COc1ccc(N(CC(=O)N/N=C/c2cc(C)n(-c3cc(C)ccc3C)c2C)S(=O)(=O)c2ccc(OC)c(OC)c2)cc1. The third-order valence-corrected chi connectivity index (χ3v) is 8.83. The highest BCUT2D eigenvalue weighted by Crippen LogP contribution is 2.32. The third-order valence-electron chi connectivity index (χ3n) is 7.06. The van der Waals surface area contributed by atoms with E-state index < -0.39 is 22.5 Å². The first-order valence-corrected chi connectivity index (χ1v) is 14.9. The van der Waals surface area contributed by atoms with Crippen LogP contribution in [0.2, 0.25) is 0 Å². The molecule has 0 spiro atoms. The van der Waals surface area contributed by atoms with Gasteiger partial charge in [-0.15, -0.1) is 0 Å². The van der Waals surface area contributed by atoms with E-state index in [2.05, 4.69) is 47.1 Å². The number of hydrogen-bond donors (Lipinski definition) is 1. The zero-order chi connectivity index (χ0) is 31.3. The summed E-state index contributed by atoms with van der Waals surface area (Å²) in [6, 6.07) is 18.9. The van der Waals surface area contributed by atoms with Crippen molar-refractivity contribution in [3.8, 4) is 22.9 Å². The summed E-state index contributed by atoms with van der Waals surface area (Å²) in [5.41, 5.74) is 8.92. The van der Waals surface area contributed by atoms with Gasteiger partial charge in [-0.05, 0) is 87.4 Å². The number of carbonyl (C=O) groups is 1. The second-order valence-electron chi connectivity index (χ2n) is 9.97. The van der Waals surface area contributed by atoms with Crippen molar-refractivity contribution in [3.05, 3.63) is 94.8 Å². The molecule has 11 heteroatoms. The minimum Gasteiger partial charge on any atom is -0.497 e. The van der Waals surface area contributed by atoms with Crippen LogP contribution in [0.15, 0.2) is 76.7 Å². The largest absolute Gasteiger partial charge is 0.497 e. The molecule has 0 fully saturated rings. The molecule has 0 aliphatic rings. The minimum absolute atomic E-state index is 0.0730. The number of aryl methyl sites for hydroxylation is 3. The maximum absolute atomic E-state index is 13.8. The molecule has 0 atom stereocenters. The van der Waals surface area contributed by atoms with Crippen LogP contribution in [0.4, 0.5) is 5.69 Å². The van der Waals surface area contributed by atoms with Crippen molar-refractivity contribution in [1.29, 1.82) is 0 Å². The monoisotopic (exact) mass is 604 g/mol. The van der Waals surface area contributed by atoms with Crippen LogP contribution in [0.25, 0.3) is 5.69 Å². The average molecular weight is 605 g/mol.